The van der Waals surface area contributed by atoms with E-state index in [1.165, 1.54) is 65.1 Å². The van der Waals surface area contributed by atoms with Crippen LogP contribution < -0.4 is 29.8 Å². The lowest BCUT2D eigenvalue weighted by Gasteiger charge is -2.09. The highest BCUT2D eigenvalue weighted by molar-refractivity contribution is 6.35. The fourth-order valence-electron chi connectivity index (χ4n) is 2.41. The number of phenolic OH excluding ortho intramolecular Hbond substituents is 2. The Morgan fingerprint density at radius 2 is 0.969 bits per heavy atom. The summed E-state index contributed by atoms with van der Waals surface area (Å²) in [6.45, 7) is 0. The summed E-state index contributed by atoms with van der Waals surface area (Å²) < 4.78 is 20.1. The number of hydrogen-bond acceptors (Lipinski definition) is 10. The van der Waals surface area contributed by atoms with Gasteiger partial charge < -0.3 is 29.2 Å². The van der Waals surface area contributed by atoms with E-state index >= 15 is 0 Å². The molecule has 0 aliphatic carbocycles. The van der Waals surface area contributed by atoms with E-state index in [9.17, 15) is 19.8 Å². The van der Waals surface area contributed by atoms with Crippen LogP contribution in [0.15, 0.2) is 34.5 Å². The van der Waals surface area contributed by atoms with Gasteiger partial charge in [-0.2, -0.15) is 10.2 Å². The molecule has 0 spiro atoms. The van der Waals surface area contributed by atoms with E-state index in [4.69, 9.17) is 18.9 Å². The van der Waals surface area contributed by atoms with Crippen molar-refractivity contribution in [3.63, 3.8) is 0 Å². The first-order chi connectivity index (χ1) is 15.3. The summed E-state index contributed by atoms with van der Waals surface area (Å²) in [4.78, 5) is 23.7. The number of nitrogens with zero attached hydrogens (tertiary/aromatic N) is 2. The number of benzene rings is 2. The molecule has 4 N–H and O–H groups in total. The zero-order chi connectivity index (χ0) is 23.7. The van der Waals surface area contributed by atoms with Crippen molar-refractivity contribution in [2.45, 2.75) is 0 Å². The first kappa shape index (κ1) is 23.8. The van der Waals surface area contributed by atoms with Gasteiger partial charge in [-0.15, -0.1) is 0 Å². The van der Waals surface area contributed by atoms with E-state index in [0.29, 0.717) is 11.1 Å². The number of hydrogen-bond donors (Lipinski definition) is 4. The van der Waals surface area contributed by atoms with Gasteiger partial charge in [0.15, 0.2) is 23.0 Å². The number of amides is 2. The first-order valence-corrected chi connectivity index (χ1v) is 8.91. The number of ether oxygens (including phenoxy) is 4. The summed E-state index contributed by atoms with van der Waals surface area (Å²) in [6, 6.07) is 5.83. The van der Waals surface area contributed by atoms with Gasteiger partial charge in [-0.1, -0.05) is 0 Å². The van der Waals surface area contributed by atoms with Gasteiger partial charge >= 0.3 is 11.8 Å². The molecule has 2 aromatic carbocycles. The Morgan fingerprint density at radius 1 is 0.688 bits per heavy atom. The maximum Gasteiger partial charge on any atom is 0.331 e. The van der Waals surface area contributed by atoms with Crippen LogP contribution in [0.2, 0.25) is 0 Å². The second kappa shape index (κ2) is 11.1. The van der Waals surface area contributed by atoms with Crippen molar-refractivity contribution in [3.8, 4) is 34.5 Å². The summed E-state index contributed by atoms with van der Waals surface area (Å²) in [5.41, 5.74) is 4.95. The monoisotopic (exact) mass is 446 g/mol. The highest BCUT2D eigenvalue weighted by Gasteiger charge is 2.13. The number of carbonyl (C=O) groups excluding carboxylic acids is 2. The highest BCUT2D eigenvalue weighted by Crippen LogP contribution is 2.37. The average molecular weight is 446 g/mol. The number of aromatic hydroxyl groups is 2. The van der Waals surface area contributed by atoms with Gasteiger partial charge in [0, 0.05) is 11.1 Å². The molecule has 2 aromatic rings. The second-order valence-corrected chi connectivity index (χ2v) is 5.95. The predicted molar refractivity (Wildman–Crippen MR) is 114 cm³/mol. The van der Waals surface area contributed by atoms with E-state index in [0.717, 1.165) is 0 Å². The van der Waals surface area contributed by atoms with E-state index in [-0.39, 0.29) is 34.5 Å². The third kappa shape index (κ3) is 5.78. The van der Waals surface area contributed by atoms with Gasteiger partial charge in [-0.3, -0.25) is 9.59 Å². The maximum atomic E-state index is 11.8. The number of carbonyl (C=O) groups is 2. The lowest BCUT2D eigenvalue weighted by molar-refractivity contribution is -0.139. The van der Waals surface area contributed by atoms with Crippen LogP contribution in [0.4, 0.5) is 0 Å². The van der Waals surface area contributed by atoms with Gasteiger partial charge in [-0.25, -0.2) is 10.9 Å². The van der Waals surface area contributed by atoms with E-state index in [1.807, 2.05) is 10.9 Å². The minimum Gasteiger partial charge on any atom is -0.502 e. The Kier molecular flexibility index (Phi) is 8.22. The Hall–Kier alpha value is -4.48. The molecule has 0 saturated heterocycles. The molecule has 170 valence electrons. The summed E-state index contributed by atoms with van der Waals surface area (Å²) in [5.74, 6) is -1.93. The summed E-state index contributed by atoms with van der Waals surface area (Å²) in [7, 11) is 5.47. The molecule has 12 nitrogen and oxygen atoms in total. The summed E-state index contributed by atoms with van der Waals surface area (Å²) in [6.07, 6.45) is 2.46. The molecule has 0 aliphatic rings. The molecule has 0 bridgehead atoms. The standard InChI is InChI=1S/C20H22N4O8/c1-29-13-5-11(6-14(30-2)17(13)25)9-21-23-19(27)20(28)24-22-10-12-7-15(31-3)18(26)16(8-12)32-4/h5-10,25-26H,1-4H3,(H,23,27)(H,24,28)/b21-9-,22-10+. The van der Waals surface area contributed by atoms with Crippen LogP contribution in [0.1, 0.15) is 11.1 Å². The molecule has 0 fully saturated rings. The normalized spacial score (nSPS) is 10.8. The fourth-order valence-corrected chi connectivity index (χ4v) is 2.41. The molecule has 0 aromatic heterocycles. The average Bonchev–Trinajstić information content (AvgIpc) is 2.80. The van der Waals surface area contributed by atoms with Gasteiger partial charge in [0.2, 0.25) is 11.5 Å². The van der Waals surface area contributed by atoms with E-state index in [1.54, 1.807) is 0 Å². The number of nitrogens with one attached hydrogen (secondary N) is 2. The molecular weight excluding hydrogens is 424 g/mol. The minimum absolute atomic E-state index is 0.145. The van der Waals surface area contributed by atoms with Crippen LogP contribution in [0.5, 0.6) is 34.5 Å². The van der Waals surface area contributed by atoms with Crippen LogP contribution in [-0.4, -0.2) is 62.9 Å². The van der Waals surface area contributed by atoms with Gasteiger partial charge in [0.05, 0.1) is 40.9 Å². The molecule has 0 radical (unpaired) electrons. The Balaban J connectivity index is 1.99. The van der Waals surface area contributed by atoms with Crippen molar-refractivity contribution in [3.05, 3.63) is 35.4 Å². The van der Waals surface area contributed by atoms with Crippen molar-refractivity contribution in [2.75, 3.05) is 28.4 Å². The molecule has 0 atom stereocenters. The lowest BCUT2D eigenvalue weighted by Crippen LogP contribution is -2.35. The van der Waals surface area contributed by atoms with Crippen LogP contribution in [0.3, 0.4) is 0 Å². The third-order valence-corrected chi connectivity index (χ3v) is 3.97. The molecule has 12 heteroatoms. The summed E-state index contributed by atoms with van der Waals surface area (Å²) >= 11 is 0. The highest BCUT2D eigenvalue weighted by atomic mass is 16.5. The van der Waals surface area contributed by atoms with Crippen LogP contribution >= 0.6 is 0 Å². The zero-order valence-electron chi connectivity index (χ0n) is 17.7. The van der Waals surface area contributed by atoms with Crippen molar-refractivity contribution >= 4 is 24.2 Å². The molecular formula is C20H22N4O8. The minimum atomic E-state index is -1.07. The number of rotatable bonds is 8. The Bertz CT molecular complexity index is 918. The summed E-state index contributed by atoms with van der Waals surface area (Å²) in [5, 5.41) is 27.1. The molecule has 0 heterocycles. The third-order valence-electron chi connectivity index (χ3n) is 3.97. The first-order valence-electron chi connectivity index (χ1n) is 8.91. The van der Waals surface area contributed by atoms with Gasteiger partial charge in [0.25, 0.3) is 0 Å². The molecule has 0 aliphatic heterocycles. The molecule has 0 unspecified atom stereocenters. The second-order valence-electron chi connectivity index (χ2n) is 5.95. The van der Waals surface area contributed by atoms with Crippen LogP contribution in [0.25, 0.3) is 0 Å². The van der Waals surface area contributed by atoms with Gasteiger partial charge in [0.1, 0.15) is 0 Å². The van der Waals surface area contributed by atoms with Crippen molar-refractivity contribution < 1.29 is 38.7 Å². The number of hydrazone groups is 2. The van der Waals surface area contributed by atoms with E-state index in [2.05, 4.69) is 10.2 Å². The van der Waals surface area contributed by atoms with Crippen molar-refractivity contribution in [1.82, 2.24) is 10.9 Å². The quantitative estimate of drug-likeness (QED) is 0.262. The van der Waals surface area contributed by atoms with E-state index < -0.39 is 11.8 Å². The molecule has 32 heavy (non-hydrogen) atoms. The molecule has 2 rings (SSSR count). The van der Waals surface area contributed by atoms with Crippen LogP contribution in [0, 0.1) is 0 Å². The maximum absolute atomic E-state index is 11.8. The predicted octanol–water partition coefficient (Wildman–Crippen LogP) is 0.733. The Labute approximate surface area is 183 Å². The van der Waals surface area contributed by atoms with Crippen LogP contribution in [-0.2, 0) is 9.59 Å². The zero-order valence-corrected chi connectivity index (χ0v) is 17.7. The Morgan fingerprint density at radius 3 is 1.22 bits per heavy atom. The van der Waals surface area contributed by atoms with Gasteiger partial charge in [-0.05, 0) is 24.3 Å². The largest absolute Gasteiger partial charge is 0.502 e. The van der Waals surface area contributed by atoms with Crippen molar-refractivity contribution in [2.24, 2.45) is 10.2 Å². The molecule has 2 amide bonds. The topological polar surface area (TPSA) is 160 Å². The number of methoxy groups -OCH3 is 4. The fraction of sp³-hybridized carbons (Fsp3) is 0.200. The SMILES string of the molecule is COc1cc(/C=N\NC(=O)C(=O)N/N=C/c2cc(OC)c(O)c(OC)c2)cc(OC)c1O. The van der Waals surface area contributed by atoms with Crippen molar-refractivity contribution in [1.29, 1.82) is 0 Å². The molecule has 0 saturated carbocycles. The number of phenols is 2. The lowest BCUT2D eigenvalue weighted by atomic mass is 10.2. The smallest absolute Gasteiger partial charge is 0.331 e.